The summed E-state index contributed by atoms with van der Waals surface area (Å²) in [5.41, 5.74) is 2.05. The minimum Gasteiger partial charge on any atom is -0.356 e. The van der Waals surface area contributed by atoms with E-state index in [-0.39, 0.29) is 5.54 Å². The number of aromatic nitrogens is 2. The zero-order valence-corrected chi connectivity index (χ0v) is 13.6. The van der Waals surface area contributed by atoms with E-state index in [1.54, 1.807) is 0 Å². The van der Waals surface area contributed by atoms with Crippen LogP contribution in [0.1, 0.15) is 33.6 Å². The molecule has 1 aromatic carbocycles. The average molecular weight is 296 g/mol. The van der Waals surface area contributed by atoms with Gasteiger partial charge in [-0.2, -0.15) is 4.98 Å². The maximum atomic E-state index is 4.73. The summed E-state index contributed by atoms with van der Waals surface area (Å²) in [7, 11) is 0. The molecule has 1 fully saturated rings. The number of anilines is 2. The highest BCUT2D eigenvalue weighted by atomic mass is 15.2. The van der Waals surface area contributed by atoms with Gasteiger partial charge in [0, 0.05) is 30.3 Å². The average Bonchev–Trinajstić information content (AvgIpc) is 3.00. The molecule has 1 aliphatic rings. The lowest BCUT2D eigenvalue weighted by Gasteiger charge is -2.23. The molecule has 0 amide bonds. The summed E-state index contributed by atoms with van der Waals surface area (Å²) in [6, 6.07) is 12.4. The fraction of sp³-hybridized carbons (Fsp3) is 0.444. The predicted molar refractivity (Wildman–Crippen MR) is 92.3 cm³/mol. The van der Waals surface area contributed by atoms with Gasteiger partial charge in [0.1, 0.15) is 5.82 Å². The molecule has 1 aromatic heterocycles. The molecule has 0 radical (unpaired) electrons. The van der Waals surface area contributed by atoms with E-state index in [0.717, 1.165) is 30.2 Å². The SMILES string of the molecule is CC(C)(C)Nc1nc(-c2ccccc2)cc(N2CCCC2)n1. The zero-order chi connectivity index (χ0) is 15.6. The predicted octanol–water partition coefficient (Wildman–Crippen LogP) is 3.95. The molecule has 116 valence electrons. The standard InChI is InChI=1S/C18H24N4/c1-18(2,3)21-17-19-15(14-9-5-4-6-10-14)13-16(20-17)22-11-7-8-12-22/h4-6,9-10,13H,7-8,11-12H2,1-3H3,(H,19,20,21). The maximum absolute atomic E-state index is 4.73. The van der Waals surface area contributed by atoms with Crippen molar-refractivity contribution in [1.29, 1.82) is 0 Å². The quantitative estimate of drug-likeness (QED) is 0.931. The third-order valence-corrected chi connectivity index (χ3v) is 3.70. The van der Waals surface area contributed by atoms with E-state index < -0.39 is 0 Å². The van der Waals surface area contributed by atoms with Gasteiger partial charge >= 0.3 is 0 Å². The van der Waals surface area contributed by atoms with Gasteiger partial charge in [0.25, 0.3) is 0 Å². The van der Waals surface area contributed by atoms with Gasteiger partial charge in [-0.1, -0.05) is 30.3 Å². The Balaban J connectivity index is 2.01. The van der Waals surface area contributed by atoms with Gasteiger partial charge in [0.2, 0.25) is 5.95 Å². The molecule has 1 saturated heterocycles. The fourth-order valence-corrected chi connectivity index (χ4v) is 2.69. The summed E-state index contributed by atoms with van der Waals surface area (Å²) in [5.74, 6) is 1.73. The molecule has 0 aliphatic carbocycles. The molecule has 1 N–H and O–H groups in total. The molecule has 2 heterocycles. The Morgan fingerprint density at radius 1 is 1.00 bits per heavy atom. The lowest BCUT2D eigenvalue weighted by Crippen LogP contribution is -2.28. The lowest BCUT2D eigenvalue weighted by atomic mass is 10.1. The Labute approximate surface area is 132 Å². The summed E-state index contributed by atoms with van der Waals surface area (Å²) in [5, 5.41) is 3.41. The van der Waals surface area contributed by atoms with Crippen molar-refractivity contribution in [3.63, 3.8) is 0 Å². The topological polar surface area (TPSA) is 41.1 Å². The van der Waals surface area contributed by atoms with Gasteiger partial charge in [0.15, 0.2) is 0 Å². The fourth-order valence-electron chi connectivity index (χ4n) is 2.69. The molecule has 3 rings (SSSR count). The van der Waals surface area contributed by atoms with Crippen LogP contribution in [0, 0.1) is 0 Å². The number of benzene rings is 1. The highest BCUT2D eigenvalue weighted by Crippen LogP contribution is 2.26. The number of hydrogen-bond donors (Lipinski definition) is 1. The molecular formula is C18H24N4. The first-order valence-corrected chi connectivity index (χ1v) is 7.99. The van der Waals surface area contributed by atoms with E-state index in [2.05, 4.69) is 49.2 Å². The van der Waals surface area contributed by atoms with Crippen LogP contribution in [0.15, 0.2) is 36.4 Å². The van der Waals surface area contributed by atoms with E-state index in [1.165, 1.54) is 12.8 Å². The third-order valence-electron chi connectivity index (χ3n) is 3.70. The number of rotatable bonds is 3. The summed E-state index contributed by atoms with van der Waals surface area (Å²) in [6.45, 7) is 8.55. The highest BCUT2D eigenvalue weighted by molar-refractivity contribution is 5.65. The van der Waals surface area contributed by atoms with Gasteiger partial charge in [0.05, 0.1) is 5.69 Å². The van der Waals surface area contributed by atoms with E-state index in [0.29, 0.717) is 5.95 Å². The Bertz CT molecular complexity index is 625. The van der Waals surface area contributed by atoms with Crippen LogP contribution in [0.4, 0.5) is 11.8 Å². The van der Waals surface area contributed by atoms with Crippen molar-refractivity contribution >= 4 is 11.8 Å². The molecule has 2 aromatic rings. The minimum atomic E-state index is -0.0579. The van der Waals surface area contributed by atoms with E-state index >= 15 is 0 Å². The largest absolute Gasteiger partial charge is 0.356 e. The van der Waals surface area contributed by atoms with Crippen LogP contribution >= 0.6 is 0 Å². The summed E-state index contributed by atoms with van der Waals surface area (Å²) in [4.78, 5) is 11.8. The molecule has 0 bridgehead atoms. The summed E-state index contributed by atoms with van der Waals surface area (Å²) >= 11 is 0. The van der Waals surface area contributed by atoms with Crippen molar-refractivity contribution in [3.8, 4) is 11.3 Å². The van der Waals surface area contributed by atoms with Crippen LogP contribution in [-0.4, -0.2) is 28.6 Å². The second-order valence-corrected chi connectivity index (χ2v) is 6.87. The molecule has 22 heavy (non-hydrogen) atoms. The smallest absolute Gasteiger partial charge is 0.225 e. The van der Waals surface area contributed by atoms with E-state index in [1.807, 2.05) is 18.2 Å². The Morgan fingerprint density at radius 2 is 1.68 bits per heavy atom. The van der Waals surface area contributed by atoms with Crippen LogP contribution in [0.3, 0.4) is 0 Å². The van der Waals surface area contributed by atoms with Gasteiger partial charge < -0.3 is 10.2 Å². The molecule has 0 unspecified atom stereocenters. The van der Waals surface area contributed by atoms with Gasteiger partial charge in [-0.25, -0.2) is 4.98 Å². The Morgan fingerprint density at radius 3 is 2.32 bits per heavy atom. The van der Waals surface area contributed by atoms with Gasteiger partial charge in [-0.3, -0.25) is 0 Å². The number of nitrogens with zero attached hydrogens (tertiary/aromatic N) is 3. The van der Waals surface area contributed by atoms with Crippen molar-refractivity contribution < 1.29 is 0 Å². The van der Waals surface area contributed by atoms with Crippen LogP contribution in [0.2, 0.25) is 0 Å². The first kappa shape index (κ1) is 14.8. The molecule has 0 spiro atoms. The van der Waals surface area contributed by atoms with Crippen LogP contribution < -0.4 is 10.2 Å². The maximum Gasteiger partial charge on any atom is 0.225 e. The second-order valence-electron chi connectivity index (χ2n) is 6.87. The number of hydrogen-bond acceptors (Lipinski definition) is 4. The van der Waals surface area contributed by atoms with Crippen molar-refractivity contribution in [3.05, 3.63) is 36.4 Å². The summed E-state index contributed by atoms with van der Waals surface area (Å²) in [6.07, 6.45) is 2.49. The van der Waals surface area contributed by atoms with Gasteiger partial charge in [-0.05, 0) is 33.6 Å². The monoisotopic (exact) mass is 296 g/mol. The van der Waals surface area contributed by atoms with Crippen LogP contribution in [-0.2, 0) is 0 Å². The molecule has 0 atom stereocenters. The van der Waals surface area contributed by atoms with E-state index in [9.17, 15) is 0 Å². The first-order valence-electron chi connectivity index (χ1n) is 7.99. The van der Waals surface area contributed by atoms with Crippen molar-refractivity contribution in [1.82, 2.24) is 9.97 Å². The normalized spacial score (nSPS) is 15.1. The van der Waals surface area contributed by atoms with Crippen molar-refractivity contribution in [2.24, 2.45) is 0 Å². The molecule has 4 heteroatoms. The number of nitrogens with one attached hydrogen (secondary N) is 1. The van der Waals surface area contributed by atoms with Crippen molar-refractivity contribution in [2.75, 3.05) is 23.3 Å². The van der Waals surface area contributed by atoms with Crippen LogP contribution in [0.5, 0.6) is 0 Å². The third kappa shape index (κ3) is 3.56. The summed E-state index contributed by atoms with van der Waals surface area (Å²) < 4.78 is 0. The van der Waals surface area contributed by atoms with E-state index in [4.69, 9.17) is 9.97 Å². The molecule has 4 nitrogen and oxygen atoms in total. The Hall–Kier alpha value is -2.10. The highest BCUT2D eigenvalue weighted by Gasteiger charge is 2.18. The van der Waals surface area contributed by atoms with Crippen molar-refractivity contribution in [2.45, 2.75) is 39.2 Å². The molecule has 1 aliphatic heterocycles. The van der Waals surface area contributed by atoms with Crippen LogP contribution in [0.25, 0.3) is 11.3 Å². The molecular weight excluding hydrogens is 272 g/mol. The minimum absolute atomic E-state index is 0.0579. The Kier molecular flexibility index (Phi) is 4.01. The van der Waals surface area contributed by atoms with Gasteiger partial charge in [-0.15, -0.1) is 0 Å². The molecule has 0 saturated carbocycles. The second kappa shape index (κ2) is 5.95. The first-order chi connectivity index (χ1) is 10.5. The lowest BCUT2D eigenvalue weighted by molar-refractivity contribution is 0.626. The zero-order valence-electron chi connectivity index (χ0n) is 13.6.